The van der Waals surface area contributed by atoms with Crippen LogP contribution in [-0.4, -0.2) is 47.4 Å². The van der Waals surface area contributed by atoms with E-state index in [0.717, 1.165) is 32.5 Å². The van der Waals surface area contributed by atoms with Crippen LogP contribution in [0.25, 0.3) is 0 Å². The second-order valence-corrected chi connectivity index (χ2v) is 6.75. The van der Waals surface area contributed by atoms with Gasteiger partial charge in [-0.05, 0) is 18.4 Å². The summed E-state index contributed by atoms with van der Waals surface area (Å²) in [6.45, 7) is 3.24. The van der Waals surface area contributed by atoms with Crippen LogP contribution in [0.5, 0.6) is 0 Å². The average molecular weight is 319 g/mol. The van der Waals surface area contributed by atoms with E-state index in [-0.39, 0.29) is 12.8 Å². The van der Waals surface area contributed by atoms with Crippen LogP contribution in [0.3, 0.4) is 0 Å². The van der Waals surface area contributed by atoms with Crippen molar-refractivity contribution in [3.63, 3.8) is 0 Å². The van der Waals surface area contributed by atoms with Gasteiger partial charge < -0.3 is 0 Å². The number of halogens is 2. The molecule has 2 fully saturated rings. The van der Waals surface area contributed by atoms with E-state index in [0.29, 0.717) is 13.1 Å². The smallest absolute Gasteiger partial charge is 0.250 e. The Bertz CT molecular complexity index is 549. The predicted octanol–water partition coefficient (Wildman–Crippen LogP) is 3.28. The molecule has 0 aromatic heterocycles. The van der Waals surface area contributed by atoms with E-state index in [4.69, 9.17) is 0 Å². The fraction of sp³-hybridized carbons (Fsp3) is 0.611. The first-order valence-electron chi connectivity index (χ1n) is 8.33. The van der Waals surface area contributed by atoms with Gasteiger partial charge in [-0.3, -0.25) is 9.80 Å². The van der Waals surface area contributed by atoms with Crippen LogP contribution in [0.15, 0.2) is 30.3 Å². The Morgan fingerprint density at radius 3 is 2.13 bits per heavy atom. The molecule has 0 N–H and O–H groups in total. The Labute approximate surface area is 136 Å². The van der Waals surface area contributed by atoms with E-state index in [2.05, 4.69) is 23.1 Å². The fourth-order valence-corrected chi connectivity index (χ4v) is 3.68. The molecule has 0 atom stereocenters. The molecule has 2 aliphatic heterocycles. The molecule has 0 unspecified atom stereocenters. The lowest BCUT2D eigenvalue weighted by atomic mass is 9.85. The Morgan fingerprint density at radius 2 is 1.57 bits per heavy atom. The summed E-state index contributed by atoms with van der Waals surface area (Å²) in [6, 6.07) is 12.7. The van der Waals surface area contributed by atoms with Gasteiger partial charge in [-0.1, -0.05) is 30.3 Å². The highest BCUT2D eigenvalue weighted by atomic mass is 19.3. The number of piperidine rings is 2. The van der Waals surface area contributed by atoms with Crippen LogP contribution in [0.4, 0.5) is 8.78 Å². The van der Waals surface area contributed by atoms with Gasteiger partial charge in [-0.2, -0.15) is 5.26 Å². The van der Waals surface area contributed by atoms with E-state index in [1.807, 2.05) is 23.1 Å². The highest BCUT2D eigenvalue weighted by Crippen LogP contribution is 2.35. The maximum Gasteiger partial charge on any atom is 0.250 e. The fourth-order valence-electron chi connectivity index (χ4n) is 3.68. The van der Waals surface area contributed by atoms with Crippen molar-refractivity contribution < 1.29 is 8.78 Å². The largest absolute Gasteiger partial charge is 0.299 e. The van der Waals surface area contributed by atoms with E-state index < -0.39 is 11.5 Å². The number of likely N-dealkylation sites (tertiary alicyclic amines) is 2. The third-order valence-corrected chi connectivity index (χ3v) is 5.24. The van der Waals surface area contributed by atoms with Crippen molar-refractivity contribution in [2.45, 2.75) is 43.7 Å². The maximum atomic E-state index is 13.4. The second-order valence-electron chi connectivity index (χ2n) is 6.75. The van der Waals surface area contributed by atoms with E-state index >= 15 is 0 Å². The lowest BCUT2D eigenvalue weighted by Gasteiger charge is -2.47. The van der Waals surface area contributed by atoms with E-state index in [9.17, 15) is 14.0 Å². The van der Waals surface area contributed by atoms with E-state index in [1.165, 1.54) is 5.56 Å². The summed E-state index contributed by atoms with van der Waals surface area (Å²) < 4.78 is 26.7. The monoisotopic (exact) mass is 319 g/mol. The average Bonchev–Trinajstić information content (AvgIpc) is 2.57. The van der Waals surface area contributed by atoms with Gasteiger partial charge in [0.25, 0.3) is 5.92 Å². The first-order chi connectivity index (χ1) is 11.0. The topological polar surface area (TPSA) is 30.3 Å². The van der Waals surface area contributed by atoms with Gasteiger partial charge in [-0.15, -0.1) is 0 Å². The van der Waals surface area contributed by atoms with Crippen molar-refractivity contribution in [2.75, 3.05) is 26.2 Å². The molecule has 124 valence electrons. The van der Waals surface area contributed by atoms with Crippen molar-refractivity contribution in [1.29, 1.82) is 5.26 Å². The first-order valence-corrected chi connectivity index (χ1v) is 8.33. The lowest BCUT2D eigenvalue weighted by Crippen LogP contribution is -2.57. The minimum atomic E-state index is -2.55. The van der Waals surface area contributed by atoms with Crippen molar-refractivity contribution >= 4 is 0 Å². The number of nitriles is 1. The van der Waals surface area contributed by atoms with Crippen LogP contribution < -0.4 is 0 Å². The molecule has 2 heterocycles. The summed E-state index contributed by atoms with van der Waals surface area (Å²) in [4.78, 5) is 4.35. The molecule has 2 aliphatic rings. The highest BCUT2D eigenvalue weighted by molar-refractivity contribution is 5.16. The molecule has 2 saturated heterocycles. The zero-order valence-electron chi connectivity index (χ0n) is 13.3. The van der Waals surface area contributed by atoms with Gasteiger partial charge >= 0.3 is 0 Å². The van der Waals surface area contributed by atoms with Crippen molar-refractivity contribution in [1.82, 2.24) is 9.80 Å². The minimum Gasteiger partial charge on any atom is -0.299 e. The quantitative estimate of drug-likeness (QED) is 0.856. The molecule has 0 radical (unpaired) electrons. The Balaban J connectivity index is 1.58. The molecule has 1 aromatic rings. The number of alkyl halides is 2. The zero-order chi connectivity index (χ0) is 16.3. The summed E-state index contributed by atoms with van der Waals surface area (Å²) >= 11 is 0. The number of benzene rings is 1. The van der Waals surface area contributed by atoms with Gasteiger partial charge in [-0.25, -0.2) is 8.78 Å². The Kier molecular flexibility index (Phi) is 4.65. The summed E-state index contributed by atoms with van der Waals surface area (Å²) in [6.07, 6.45) is 1.23. The number of hydrogen-bond donors (Lipinski definition) is 0. The van der Waals surface area contributed by atoms with Gasteiger partial charge in [0.1, 0.15) is 5.54 Å². The minimum absolute atomic E-state index is 0.121. The third kappa shape index (κ3) is 3.70. The number of hydrogen-bond acceptors (Lipinski definition) is 3. The maximum absolute atomic E-state index is 13.4. The van der Waals surface area contributed by atoms with Gasteiger partial charge in [0, 0.05) is 45.6 Å². The van der Waals surface area contributed by atoms with Gasteiger partial charge in [0.2, 0.25) is 0 Å². The zero-order valence-corrected chi connectivity index (χ0v) is 13.3. The lowest BCUT2D eigenvalue weighted by molar-refractivity contribution is -0.0784. The van der Waals surface area contributed by atoms with Gasteiger partial charge in [0.05, 0.1) is 6.07 Å². The summed E-state index contributed by atoms with van der Waals surface area (Å²) in [5.41, 5.74) is 0.721. The van der Waals surface area contributed by atoms with E-state index in [1.54, 1.807) is 0 Å². The molecular weight excluding hydrogens is 296 g/mol. The molecule has 3 nitrogen and oxygen atoms in total. The molecule has 0 aliphatic carbocycles. The Hall–Kier alpha value is -1.51. The first kappa shape index (κ1) is 16.4. The van der Waals surface area contributed by atoms with Crippen LogP contribution >= 0.6 is 0 Å². The van der Waals surface area contributed by atoms with Crippen molar-refractivity contribution in [3.8, 4) is 6.07 Å². The highest BCUT2D eigenvalue weighted by Gasteiger charge is 2.45. The summed E-state index contributed by atoms with van der Waals surface area (Å²) in [5.74, 6) is -2.55. The third-order valence-electron chi connectivity index (χ3n) is 5.24. The second kappa shape index (κ2) is 6.54. The number of nitrogens with zero attached hydrogens (tertiary/aromatic N) is 3. The SMILES string of the molecule is N#CC1(N2CCC(F)(F)CC2)CCN(Cc2ccccc2)CC1. The van der Waals surface area contributed by atoms with Crippen molar-refractivity contribution in [2.24, 2.45) is 0 Å². The van der Waals surface area contributed by atoms with Crippen LogP contribution in [0, 0.1) is 11.3 Å². The normalized spacial score (nSPS) is 24.9. The van der Waals surface area contributed by atoms with Gasteiger partial charge in [0.15, 0.2) is 0 Å². The summed E-state index contributed by atoms with van der Waals surface area (Å²) in [5, 5.41) is 9.70. The van der Waals surface area contributed by atoms with Crippen LogP contribution in [0.1, 0.15) is 31.2 Å². The molecule has 1 aromatic carbocycles. The molecule has 0 bridgehead atoms. The molecule has 5 heteroatoms. The molecular formula is C18H23F2N3. The Morgan fingerprint density at radius 1 is 0.957 bits per heavy atom. The van der Waals surface area contributed by atoms with Crippen molar-refractivity contribution in [3.05, 3.63) is 35.9 Å². The van der Waals surface area contributed by atoms with Crippen LogP contribution in [0.2, 0.25) is 0 Å². The molecule has 0 amide bonds. The molecule has 3 rings (SSSR count). The summed E-state index contributed by atoms with van der Waals surface area (Å²) in [7, 11) is 0. The standard InChI is InChI=1S/C18H23F2N3/c19-18(20)8-12-23(13-9-18)17(15-21)6-10-22(11-7-17)14-16-4-2-1-3-5-16/h1-5H,6-14H2. The molecule has 0 spiro atoms. The number of rotatable bonds is 3. The predicted molar refractivity (Wildman–Crippen MR) is 85.1 cm³/mol. The van der Waals surface area contributed by atoms with Crippen LogP contribution in [-0.2, 0) is 6.54 Å². The molecule has 0 saturated carbocycles. The molecule has 23 heavy (non-hydrogen) atoms.